The summed E-state index contributed by atoms with van der Waals surface area (Å²) in [6, 6.07) is 1.52. The van der Waals surface area contributed by atoms with Crippen LogP contribution in [0.1, 0.15) is 11.1 Å². The molecule has 0 saturated heterocycles. The molecule has 1 heterocycles. The first-order valence-corrected chi connectivity index (χ1v) is 5.30. The van der Waals surface area contributed by atoms with E-state index in [1.54, 1.807) is 12.1 Å². The molecule has 0 unspecified atom stereocenters. The minimum Gasteiger partial charge on any atom is -0.493 e. The lowest BCUT2D eigenvalue weighted by molar-refractivity contribution is -0.146. The van der Waals surface area contributed by atoms with E-state index in [0.717, 1.165) is 0 Å². The van der Waals surface area contributed by atoms with Crippen LogP contribution >= 0.6 is 0 Å². The van der Waals surface area contributed by atoms with Crippen LogP contribution in [0.4, 0.5) is 13.2 Å². The van der Waals surface area contributed by atoms with E-state index in [2.05, 4.69) is 4.99 Å². The van der Waals surface area contributed by atoms with Crippen LogP contribution < -0.4 is 9.47 Å². The van der Waals surface area contributed by atoms with Gasteiger partial charge in [-0.2, -0.15) is 13.2 Å². The van der Waals surface area contributed by atoms with Crippen LogP contribution in [0.2, 0.25) is 0 Å². The third kappa shape index (κ3) is 2.27. The predicted octanol–water partition coefficient (Wildman–Crippen LogP) is 2.61. The number of hydrogen-bond donors (Lipinski definition) is 0. The molecule has 0 aromatic heterocycles. The standard InChI is InChI=1S/C12H12F3NO2/c1-17-9-3-7-5-11(12(13,14)15)16-6-8(7)4-10(9)18-2/h3-4,6,11H,5H2,1-2H3/t11-/m1/s1. The Morgan fingerprint density at radius 3 is 2.33 bits per heavy atom. The van der Waals surface area contributed by atoms with E-state index < -0.39 is 12.2 Å². The number of rotatable bonds is 2. The number of aliphatic imine (C=N–C) groups is 1. The minimum absolute atomic E-state index is 0.171. The Hall–Kier alpha value is -1.72. The molecular formula is C12H12F3NO2. The third-order valence-electron chi connectivity index (χ3n) is 2.83. The maximum absolute atomic E-state index is 12.6. The van der Waals surface area contributed by atoms with Crippen LogP contribution in [0.5, 0.6) is 11.5 Å². The maximum atomic E-state index is 12.6. The summed E-state index contributed by atoms with van der Waals surface area (Å²) < 4.78 is 47.9. The average Bonchev–Trinajstić information content (AvgIpc) is 2.35. The van der Waals surface area contributed by atoms with E-state index in [-0.39, 0.29) is 6.42 Å². The number of methoxy groups -OCH3 is 2. The summed E-state index contributed by atoms with van der Waals surface area (Å²) in [6.07, 6.45) is -3.25. The van der Waals surface area contributed by atoms with E-state index in [1.165, 1.54) is 20.4 Å². The predicted molar refractivity (Wildman–Crippen MR) is 60.7 cm³/mol. The molecule has 18 heavy (non-hydrogen) atoms. The molecule has 0 amide bonds. The monoisotopic (exact) mass is 259 g/mol. The molecule has 3 nitrogen and oxygen atoms in total. The molecule has 6 heteroatoms. The van der Waals surface area contributed by atoms with Gasteiger partial charge in [0.1, 0.15) is 6.04 Å². The van der Waals surface area contributed by atoms with Crippen molar-refractivity contribution in [2.45, 2.75) is 18.6 Å². The van der Waals surface area contributed by atoms with Gasteiger partial charge in [-0.05, 0) is 23.3 Å². The highest BCUT2D eigenvalue weighted by atomic mass is 19.4. The molecule has 2 rings (SSSR count). The van der Waals surface area contributed by atoms with Gasteiger partial charge in [-0.15, -0.1) is 0 Å². The van der Waals surface area contributed by atoms with Crippen molar-refractivity contribution in [2.24, 2.45) is 4.99 Å². The maximum Gasteiger partial charge on any atom is 0.411 e. The highest BCUT2D eigenvalue weighted by Crippen LogP contribution is 2.35. The van der Waals surface area contributed by atoms with Crippen molar-refractivity contribution in [3.63, 3.8) is 0 Å². The van der Waals surface area contributed by atoms with Crippen LogP contribution in [0.3, 0.4) is 0 Å². The number of benzene rings is 1. The minimum atomic E-state index is -4.32. The summed E-state index contributed by atoms with van der Waals surface area (Å²) in [4.78, 5) is 3.53. The summed E-state index contributed by atoms with van der Waals surface area (Å²) in [5.41, 5.74) is 1.19. The fourth-order valence-corrected chi connectivity index (χ4v) is 1.87. The van der Waals surface area contributed by atoms with Gasteiger partial charge in [-0.25, -0.2) is 0 Å². The fraction of sp³-hybridized carbons (Fsp3) is 0.417. The summed E-state index contributed by atoms with van der Waals surface area (Å²) in [5.74, 6) is 0.903. The highest BCUT2D eigenvalue weighted by molar-refractivity contribution is 5.84. The topological polar surface area (TPSA) is 30.8 Å². The van der Waals surface area contributed by atoms with Gasteiger partial charge in [0.25, 0.3) is 0 Å². The van der Waals surface area contributed by atoms with Crippen molar-refractivity contribution in [3.8, 4) is 11.5 Å². The summed E-state index contributed by atoms with van der Waals surface area (Å²) in [6.45, 7) is 0. The second kappa shape index (κ2) is 4.51. The Bertz CT molecular complexity index is 483. The molecule has 1 aliphatic heterocycles. The van der Waals surface area contributed by atoms with Crippen molar-refractivity contribution in [3.05, 3.63) is 23.3 Å². The van der Waals surface area contributed by atoms with Crippen LogP contribution in [0.15, 0.2) is 17.1 Å². The largest absolute Gasteiger partial charge is 0.493 e. The Kier molecular flexibility index (Phi) is 3.19. The number of nitrogens with zero attached hydrogens (tertiary/aromatic N) is 1. The first-order valence-electron chi connectivity index (χ1n) is 5.30. The lowest BCUT2D eigenvalue weighted by atomic mass is 9.97. The molecule has 1 atom stereocenters. The van der Waals surface area contributed by atoms with E-state index in [1.807, 2.05) is 0 Å². The molecule has 0 saturated carbocycles. The average molecular weight is 259 g/mol. The molecule has 0 fully saturated rings. The van der Waals surface area contributed by atoms with Crippen LogP contribution in [0, 0.1) is 0 Å². The quantitative estimate of drug-likeness (QED) is 0.817. The Labute approximate surface area is 102 Å². The lowest BCUT2D eigenvalue weighted by Crippen LogP contribution is -2.31. The summed E-state index contributed by atoms with van der Waals surface area (Å²) in [5, 5.41) is 0. The van der Waals surface area contributed by atoms with Crippen molar-refractivity contribution in [2.75, 3.05) is 14.2 Å². The summed E-state index contributed by atoms with van der Waals surface area (Å²) in [7, 11) is 2.92. The molecule has 0 bridgehead atoms. The van der Waals surface area contributed by atoms with Gasteiger partial charge >= 0.3 is 6.18 Å². The van der Waals surface area contributed by atoms with Gasteiger partial charge in [0.2, 0.25) is 0 Å². The van der Waals surface area contributed by atoms with Crippen molar-refractivity contribution in [1.29, 1.82) is 0 Å². The Morgan fingerprint density at radius 1 is 1.17 bits per heavy atom. The van der Waals surface area contributed by atoms with Crippen LogP contribution in [-0.4, -0.2) is 32.7 Å². The van der Waals surface area contributed by atoms with E-state index >= 15 is 0 Å². The van der Waals surface area contributed by atoms with Gasteiger partial charge in [-0.3, -0.25) is 4.99 Å². The smallest absolute Gasteiger partial charge is 0.411 e. The van der Waals surface area contributed by atoms with E-state index in [0.29, 0.717) is 22.6 Å². The SMILES string of the molecule is COc1cc2c(cc1OC)C[C@H](C(F)(F)F)N=C2. The molecule has 98 valence electrons. The van der Waals surface area contributed by atoms with Gasteiger partial charge in [0.05, 0.1) is 14.2 Å². The molecule has 0 radical (unpaired) electrons. The first-order chi connectivity index (χ1) is 8.45. The highest BCUT2D eigenvalue weighted by Gasteiger charge is 2.40. The normalized spacial score (nSPS) is 18.4. The Morgan fingerprint density at radius 2 is 1.78 bits per heavy atom. The van der Waals surface area contributed by atoms with Crippen molar-refractivity contribution >= 4 is 6.21 Å². The molecule has 1 aromatic rings. The molecule has 0 aliphatic carbocycles. The molecule has 1 aromatic carbocycles. The number of halogens is 3. The fourth-order valence-electron chi connectivity index (χ4n) is 1.87. The first kappa shape index (κ1) is 12.7. The van der Waals surface area contributed by atoms with Gasteiger partial charge in [0, 0.05) is 12.6 Å². The number of hydrogen-bond acceptors (Lipinski definition) is 3. The zero-order chi connectivity index (χ0) is 13.3. The second-order valence-electron chi connectivity index (χ2n) is 3.95. The lowest BCUT2D eigenvalue weighted by Gasteiger charge is -2.22. The Balaban J connectivity index is 2.39. The number of fused-ring (bicyclic) bond motifs is 1. The van der Waals surface area contributed by atoms with Gasteiger partial charge in [-0.1, -0.05) is 0 Å². The molecular weight excluding hydrogens is 247 g/mol. The molecule has 0 N–H and O–H groups in total. The van der Waals surface area contributed by atoms with Crippen molar-refractivity contribution in [1.82, 2.24) is 0 Å². The van der Waals surface area contributed by atoms with Crippen molar-refractivity contribution < 1.29 is 22.6 Å². The molecule has 0 spiro atoms. The second-order valence-corrected chi connectivity index (χ2v) is 3.95. The van der Waals surface area contributed by atoms with E-state index in [4.69, 9.17) is 9.47 Å². The van der Waals surface area contributed by atoms with Crippen LogP contribution in [0.25, 0.3) is 0 Å². The van der Waals surface area contributed by atoms with Crippen LogP contribution in [-0.2, 0) is 6.42 Å². The molecule has 1 aliphatic rings. The number of alkyl halides is 3. The van der Waals surface area contributed by atoms with Gasteiger partial charge in [0.15, 0.2) is 11.5 Å². The summed E-state index contributed by atoms with van der Waals surface area (Å²) >= 11 is 0. The third-order valence-corrected chi connectivity index (χ3v) is 2.83. The number of ether oxygens (including phenoxy) is 2. The van der Waals surface area contributed by atoms with E-state index in [9.17, 15) is 13.2 Å². The zero-order valence-electron chi connectivity index (χ0n) is 9.91. The zero-order valence-corrected chi connectivity index (χ0v) is 9.91. The van der Waals surface area contributed by atoms with Gasteiger partial charge < -0.3 is 9.47 Å².